The van der Waals surface area contributed by atoms with E-state index in [0.717, 1.165) is 13.0 Å². The maximum Gasteiger partial charge on any atom is 0.163 e. The SMILES string of the molecule is CCCN=C(NN)c1cnccn1. The zero-order valence-corrected chi connectivity index (χ0v) is 7.57. The molecule has 13 heavy (non-hydrogen) atoms. The number of hydrazine groups is 1. The van der Waals surface area contributed by atoms with Gasteiger partial charge < -0.3 is 5.43 Å². The summed E-state index contributed by atoms with van der Waals surface area (Å²) >= 11 is 0. The second kappa shape index (κ2) is 5.21. The van der Waals surface area contributed by atoms with Gasteiger partial charge in [0.15, 0.2) is 5.84 Å². The molecule has 0 amide bonds. The maximum atomic E-state index is 5.30. The average Bonchev–Trinajstić information content (AvgIpc) is 2.21. The number of rotatable bonds is 3. The number of nitrogens with one attached hydrogen (secondary N) is 1. The number of aromatic nitrogens is 2. The summed E-state index contributed by atoms with van der Waals surface area (Å²) in [6.07, 6.45) is 5.81. The maximum absolute atomic E-state index is 5.30. The van der Waals surface area contributed by atoms with Gasteiger partial charge in [-0.2, -0.15) is 0 Å². The lowest BCUT2D eigenvalue weighted by atomic mass is 10.4. The van der Waals surface area contributed by atoms with Crippen molar-refractivity contribution in [3.8, 4) is 0 Å². The fourth-order valence-corrected chi connectivity index (χ4v) is 0.846. The van der Waals surface area contributed by atoms with E-state index in [2.05, 4.69) is 20.4 Å². The minimum Gasteiger partial charge on any atom is -0.307 e. The number of nitrogens with two attached hydrogens (primary N) is 1. The second-order valence-corrected chi connectivity index (χ2v) is 2.47. The number of amidine groups is 1. The number of nitrogens with zero attached hydrogens (tertiary/aromatic N) is 3. The van der Waals surface area contributed by atoms with Gasteiger partial charge in [-0.15, -0.1) is 0 Å². The zero-order valence-electron chi connectivity index (χ0n) is 7.57. The first-order chi connectivity index (χ1) is 6.38. The molecule has 0 aromatic carbocycles. The molecular formula is C8H13N5. The Morgan fingerprint density at radius 2 is 2.46 bits per heavy atom. The summed E-state index contributed by atoms with van der Waals surface area (Å²) in [4.78, 5) is 12.2. The third-order valence-electron chi connectivity index (χ3n) is 1.44. The normalized spacial score (nSPS) is 11.4. The van der Waals surface area contributed by atoms with Gasteiger partial charge in [0, 0.05) is 18.9 Å². The van der Waals surface area contributed by atoms with Crippen LogP contribution in [0.5, 0.6) is 0 Å². The Morgan fingerprint density at radius 3 is 3.00 bits per heavy atom. The summed E-state index contributed by atoms with van der Waals surface area (Å²) in [5.74, 6) is 5.88. The molecule has 0 radical (unpaired) electrons. The minimum atomic E-state index is 0.579. The molecule has 3 N–H and O–H groups in total. The molecule has 0 unspecified atom stereocenters. The highest BCUT2D eigenvalue weighted by molar-refractivity contribution is 5.96. The lowest BCUT2D eigenvalue weighted by Gasteiger charge is -2.02. The van der Waals surface area contributed by atoms with E-state index in [9.17, 15) is 0 Å². The summed E-state index contributed by atoms with van der Waals surface area (Å²) in [6.45, 7) is 2.78. The van der Waals surface area contributed by atoms with Crippen LogP contribution in [0, 0.1) is 0 Å². The van der Waals surface area contributed by atoms with E-state index in [-0.39, 0.29) is 0 Å². The van der Waals surface area contributed by atoms with Gasteiger partial charge in [-0.05, 0) is 6.42 Å². The Hall–Kier alpha value is -1.49. The van der Waals surface area contributed by atoms with Gasteiger partial charge in [-0.25, -0.2) is 10.8 Å². The molecule has 1 heterocycles. The Labute approximate surface area is 77.1 Å². The monoisotopic (exact) mass is 179 g/mol. The first kappa shape index (κ1) is 9.60. The molecule has 1 aromatic rings. The Balaban J connectivity index is 2.78. The molecule has 0 spiro atoms. The van der Waals surface area contributed by atoms with Crippen LogP contribution < -0.4 is 11.3 Å². The molecule has 0 fully saturated rings. The summed E-state index contributed by atoms with van der Waals surface area (Å²) in [5.41, 5.74) is 3.17. The molecule has 0 bridgehead atoms. The molecule has 0 aliphatic heterocycles. The van der Waals surface area contributed by atoms with E-state index in [1.165, 1.54) is 0 Å². The third-order valence-corrected chi connectivity index (χ3v) is 1.44. The number of hydrogen-bond donors (Lipinski definition) is 2. The molecule has 5 heteroatoms. The highest BCUT2D eigenvalue weighted by Gasteiger charge is 2.00. The molecule has 0 atom stereocenters. The summed E-state index contributed by atoms with van der Waals surface area (Å²) in [7, 11) is 0. The van der Waals surface area contributed by atoms with Crippen molar-refractivity contribution in [2.45, 2.75) is 13.3 Å². The minimum absolute atomic E-state index is 0.579. The fraction of sp³-hybridized carbons (Fsp3) is 0.375. The highest BCUT2D eigenvalue weighted by Crippen LogP contribution is 1.91. The molecular weight excluding hydrogens is 166 g/mol. The summed E-state index contributed by atoms with van der Waals surface area (Å²) in [5, 5.41) is 0. The van der Waals surface area contributed by atoms with Gasteiger partial charge in [-0.1, -0.05) is 6.92 Å². The Bertz CT molecular complexity index is 269. The molecule has 5 nitrogen and oxygen atoms in total. The van der Waals surface area contributed by atoms with E-state index >= 15 is 0 Å². The number of hydrogen-bond acceptors (Lipinski definition) is 4. The van der Waals surface area contributed by atoms with Gasteiger partial charge in [-0.3, -0.25) is 9.98 Å². The van der Waals surface area contributed by atoms with Crippen LogP contribution in [-0.2, 0) is 0 Å². The average molecular weight is 179 g/mol. The molecule has 0 saturated carbocycles. The largest absolute Gasteiger partial charge is 0.307 e. The van der Waals surface area contributed by atoms with Gasteiger partial charge >= 0.3 is 0 Å². The van der Waals surface area contributed by atoms with Crippen LogP contribution in [0.15, 0.2) is 23.6 Å². The first-order valence-electron chi connectivity index (χ1n) is 4.16. The Morgan fingerprint density at radius 1 is 1.62 bits per heavy atom. The summed E-state index contributed by atoms with van der Waals surface area (Å²) in [6, 6.07) is 0. The zero-order chi connectivity index (χ0) is 9.52. The molecule has 1 aromatic heterocycles. The molecule has 0 aliphatic carbocycles. The van der Waals surface area contributed by atoms with Gasteiger partial charge in [0.25, 0.3) is 0 Å². The van der Waals surface area contributed by atoms with Crippen molar-refractivity contribution >= 4 is 5.84 Å². The van der Waals surface area contributed by atoms with Crippen molar-refractivity contribution in [2.75, 3.05) is 6.54 Å². The van der Waals surface area contributed by atoms with Crippen LogP contribution >= 0.6 is 0 Å². The van der Waals surface area contributed by atoms with Crippen molar-refractivity contribution in [2.24, 2.45) is 10.8 Å². The van der Waals surface area contributed by atoms with Crippen molar-refractivity contribution < 1.29 is 0 Å². The molecule has 1 rings (SSSR count). The summed E-state index contributed by atoms with van der Waals surface area (Å²) < 4.78 is 0. The van der Waals surface area contributed by atoms with Crippen LogP contribution in [0.3, 0.4) is 0 Å². The van der Waals surface area contributed by atoms with Gasteiger partial charge in [0.2, 0.25) is 0 Å². The molecule has 0 aliphatic rings. The van der Waals surface area contributed by atoms with Crippen LogP contribution in [0.1, 0.15) is 19.0 Å². The van der Waals surface area contributed by atoms with E-state index in [4.69, 9.17) is 5.84 Å². The standard InChI is InChI=1S/C8H13N5/c1-2-3-12-8(13-9)7-6-10-4-5-11-7/h4-6H,2-3,9H2,1H3,(H,12,13). The van der Waals surface area contributed by atoms with Crippen molar-refractivity contribution in [1.82, 2.24) is 15.4 Å². The smallest absolute Gasteiger partial charge is 0.163 e. The molecule has 70 valence electrons. The lowest BCUT2D eigenvalue weighted by molar-refractivity contribution is 0.902. The van der Waals surface area contributed by atoms with E-state index < -0.39 is 0 Å². The Kier molecular flexibility index (Phi) is 3.84. The van der Waals surface area contributed by atoms with E-state index in [0.29, 0.717) is 11.5 Å². The van der Waals surface area contributed by atoms with Crippen molar-refractivity contribution in [1.29, 1.82) is 0 Å². The third kappa shape index (κ3) is 2.79. The van der Waals surface area contributed by atoms with Crippen molar-refractivity contribution in [3.05, 3.63) is 24.3 Å². The fourth-order valence-electron chi connectivity index (χ4n) is 0.846. The first-order valence-corrected chi connectivity index (χ1v) is 4.16. The van der Waals surface area contributed by atoms with E-state index in [1.807, 2.05) is 6.92 Å². The lowest BCUT2D eigenvalue weighted by Crippen LogP contribution is -2.32. The van der Waals surface area contributed by atoms with Crippen LogP contribution in [0.25, 0.3) is 0 Å². The van der Waals surface area contributed by atoms with Crippen LogP contribution in [0.2, 0.25) is 0 Å². The van der Waals surface area contributed by atoms with Gasteiger partial charge in [0.1, 0.15) is 5.69 Å². The van der Waals surface area contributed by atoms with Crippen molar-refractivity contribution in [3.63, 3.8) is 0 Å². The highest BCUT2D eigenvalue weighted by atomic mass is 15.3. The van der Waals surface area contributed by atoms with Crippen LogP contribution in [0.4, 0.5) is 0 Å². The topological polar surface area (TPSA) is 76.2 Å². The van der Waals surface area contributed by atoms with E-state index in [1.54, 1.807) is 18.6 Å². The van der Waals surface area contributed by atoms with Gasteiger partial charge in [0.05, 0.1) is 6.20 Å². The molecule has 0 saturated heterocycles. The predicted molar refractivity (Wildman–Crippen MR) is 51.1 cm³/mol. The predicted octanol–water partition coefficient (Wildman–Crippen LogP) is 0.0965. The number of aliphatic imine (C=N–C) groups is 1. The second-order valence-electron chi connectivity index (χ2n) is 2.47. The quantitative estimate of drug-likeness (QED) is 0.298. The van der Waals surface area contributed by atoms with Crippen LogP contribution in [-0.4, -0.2) is 22.3 Å².